The van der Waals surface area contributed by atoms with E-state index in [1.807, 2.05) is 29.2 Å². The second kappa shape index (κ2) is 8.86. The van der Waals surface area contributed by atoms with Crippen molar-refractivity contribution in [2.45, 2.75) is 38.2 Å². The van der Waals surface area contributed by atoms with Gasteiger partial charge in [-0.15, -0.1) is 0 Å². The quantitative estimate of drug-likeness (QED) is 0.674. The van der Waals surface area contributed by atoms with Crippen LogP contribution in [0.2, 0.25) is 0 Å². The van der Waals surface area contributed by atoms with Crippen LogP contribution in [-0.4, -0.2) is 49.9 Å². The lowest BCUT2D eigenvalue weighted by molar-refractivity contribution is 0.0472. The van der Waals surface area contributed by atoms with Crippen LogP contribution in [0.25, 0.3) is 0 Å². The summed E-state index contributed by atoms with van der Waals surface area (Å²) >= 11 is 0. The Balaban J connectivity index is 1.22. The van der Waals surface area contributed by atoms with Crippen LogP contribution in [0, 0.1) is 5.92 Å². The predicted octanol–water partition coefficient (Wildman–Crippen LogP) is 3.64. The van der Waals surface area contributed by atoms with Crippen LogP contribution >= 0.6 is 0 Å². The molecule has 1 aromatic carbocycles. The molecule has 4 rings (SSSR count). The Labute approximate surface area is 170 Å². The van der Waals surface area contributed by atoms with Crippen molar-refractivity contribution in [3.63, 3.8) is 0 Å². The molecule has 0 spiro atoms. The third kappa shape index (κ3) is 4.90. The van der Waals surface area contributed by atoms with E-state index in [1.165, 1.54) is 0 Å². The van der Waals surface area contributed by atoms with E-state index >= 15 is 0 Å². The van der Waals surface area contributed by atoms with Crippen molar-refractivity contribution < 1.29 is 23.5 Å². The zero-order valence-corrected chi connectivity index (χ0v) is 17.1. The smallest absolute Gasteiger partial charge is 0.276 e. The topological polar surface area (TPSA) is 74.0 Å². The average molecular weight is 400 g/mol. The molecular weight excluding hydrogens is 372 g/mol. The highest BCUT2D eigenvalue weighted by Gasteiger charge is 2.31. The number of aromatic nitrogens is 1. The summed E-state index contributed by atoms with van der Waals surface area (Å²) in [6.07, 6.45) is 4.13. The molecule has 1 saturated heterocycles. The van der Waals surface area contributed by atoms with Crippen molar-refractivity contribution in [3.8, 4) is 11.5 Å². The summed E-state index contributed by atoms with van der Waals surface area (Å²) in [7, 11) is 3.28. The maximum absolute atomic E-state index is 12.6. The monoisotopic (exact) mass is 400 g/mol. The van der Waals surface area contributed by atoms with Gasteiger partial charge in [0.15, 0.2) is 5.69 Å². The Bertz CT molecular complexity index is 815. The SMILES string of the molecule is COc1cc(COCC2CCN(C(=O)c3cc(C4CC4)on3)CC2)cc(OC)c1. The molecule has 0 N–H and O–H groups in total. The van der Waals surface area contributed by atoms with Gasteiger partial charge in [0.1, 0.15) is 17.3 Å². The predicted molar refractivity (Wildman–Crippen MR) is 106 cm³/mol. The fourth-order valence-electron chi connectivity index (χ4n) is 3.71. The summed E-state index contributed by atoms with van der Waals surface area (Å²) in [5.41, 5.74) is 1.46. The van der Waals surface area contributed by atoms with Crippen molar-refractivity contribution in [3.05, 3.63) is 41.3 Å². The molecule has 1 amide bonds. The molecule has 0 atom stereocenters. The van der Waals surface area contributed by atoms with Gasteiger partial charge in [-0.2, -0.15) is 0 Å². The lowest BCUT2D eigenvalue weighted by atomic mass is 9.97. The maximum Gasteiger partial charge on any atom is 0.276 e. The highest BCUT2D eigenvalue weighted by molar-refractivity contribution is 5.92. The van der Waals surface area contributed by atoms with Crippen molar-refractivity contribution in [2.75, 3.05) is 33.9 Å². The zero-order valence-electron chi connectivity index (χ0n) is 17.1. The number of carbonyl (C=O) groups is 1. The largest absolute Gasteiger partial charge is 0.497 e. The number of amides is 1. The Hall–Kier alpha value is -2.54. The standard InChI is InChI=1S/C22H28N2O5/c1-26-18-9-16(10-19(11-18)27-2)14-28-13-15-5-7-24(8-6-15)22(25)20-12-21(29-23-20)17-3-4-17/h9-12,15,17H,3-8,13-14H2,1-2H3. The van der Waals surface area contributed by atoms with E-state index in [0.29, 0.717) is 30.7 Å². The molecule has 7 heteroatoms. The van der Waals surface area contributed by atoms with Crippen LogP contribution in [0.4, 0.5) is 0 Å². The Morgan fingerprint density at radius 1 is 1.07 bits per heavy atom. The van der Waals surface area contributed by atoms with Gasteiger partial charge >= 0.3 is 0 Å². The van der Waals surface area contributed by atoms with Gasteiger partial charge in [0.05, 0.1) is 20.8 Å². The Kier molecular flexibility index (Phi) is 6.04. The fourth-order valence-corrected chi connectivity index (χ4v) is 3.71. The number of ether oxygens (including phenoxy) is 3. The summed E-state index contributed by atoms with van der Waals surface area (Å²) in [6.45, 7) is 2.64. The third-order valence-electron chi connectivity index (χ3n) is 5.66. The number of likely N-dealkylation sites (tertiary alicyclic amines) is 1. The third-order valence-corrected chi connectivity index (χ3v) is 5.66. The van der Waals surface area contributed by atoms with Crippen LogP contribution in [0.1, 0.15) is 53.4 Å². The van der Waals surface area contributed by atoms with Crippen LogP contribution in [0.5, 0.6) is 11.5 Å². The Morgan fingerprint density at radius 3 is 2.38 bits per heavy atom. The Morgan fingerprint density at radius 2 is 1.76 bits per heavy atom. The van der Waals surface area contributed by atoms with Gasteiger partial charge in [-0.3, -0.25) is 4.79 Å². The van der Waals surface area contributed by atoms with E-state index in [2.05, 4.69) is 5.16 Å². The molecule has 29 heavy (non-hydrogen) atoms. The number of nitrogens with zero attached hydrogens (tertiary/aromatic N) is 2. The number of hydrogen-bond acceptors (Lipinski definition) is 6. The first-order valence-corrected chi connectivity index (χ1v) is 10.2. The summed E-state index contributed by atoms with van der Waals surface area (Å²) in [5, 5.41) is 3.97. The highest BCUT2D eigenvalue weighted by atomic mass is 16.5. The molecule has 0 radical (unpaired) electrons. The molecule has 7 nitrogen and oxygen atoms in total. The highest BCUT2D eigenvalue weighted by Crippen LogP contribution is 2.40. The number of piperidine rings is 1. The molecule has 2 aliphatic rings. The summed E-state index contributed by atoms with van der Waals surface area (Å²) in [6, 6.07) is 7.57. The van der Waals surface area contributed by atoms with Gasteiger partial charge < -0.3 is 23.6 Å². The van der Waals surface area contributed by atoms with E-state index in [4.69, 9.17) is 18.7 Å². The van der Waals surface area contributed by atoms with Crippen LogP contribution < -0.4 is 9.47 Å². The average Bonchev–Trinajstić information content (AvgIpc) is 3.50. The van der Waals surface area contributed by atoms with Crippen molar-refractivity contribution in [1.82, 2.24) is 10.1 Å². The van der Waals surface area contributed by atoms with E-state index < -0.39 is 0 Å². The zero-order chi connectivity index (χ0) is 20.2. The molecule has 2 aromatic rings. The molecular formula is C22H28N2O5. The first kappa shape index (κ1) is 19.8. The fraction of sp³-hybridized carbons (Fsp3) is 0.545. The molecule has 2 heterocycles. The summed E-state index contributed by atoms with van der Waals surface area (Å²) in [5.74, 6) is 3.26. The minimum absolute atomic E-state index is 0.0245. The van der Waals surface area contributed by atoms with E-state index in [-0.39, 0.29) is 5.91 Å². The molecule has 156 valence electrons. The second-order valence-electron chi connectivity index (χ2n) is 7.86. The van der Waals surface area contributed by atoms with Crippen LogP contribution in [0.3, 0.4) is 0 Å². The van der Waals surface area contributed by atoms with Gasteiger partial charge in [-0.1, -0.05) is 5.16 Å². The first-order valence-electron chi connectivity index (χ1n) is 10.2. The maximum atomic E-state index is 12.6. The van der Waals surface area contributed by atoms with E-state index in [1.54, 1.807) is 14.2 Å². The number of hydrogen-bond donors (Lipinski definition) is 0. The van der Waals surface area contributed by atoms with E-state index in [0.717, 1.165) is 61.6 Å². The van der Waals surface area contributed by atoms with Gasteiger partial charge in [-0.05, 0) is 49.3 Å². The summed E-state index contributed by atoms with van der Waals surface area (Å²) in [4.78, 5) is 14.5. The molecule has 0 unspecified atom stereocenters. The minimum Gasteiger partial charge on any atom is -0.497 e. The molecule has 0 bridgehead atoms. The number of benzene rings is 1. The molecule has 1 aliphatic carbocycles. The van der Waals surface area contributed by atoms with E-state index in [9.17, 15) is 4.79 Å². The van der Waals surface area contributed by atoms with Gasteiger partial charge in [0.25, 0.3) is 5.91 Å². The first-order chi connectivity index (χ1) is 14.2. The molecule has 2 fully saturated rings. The lowest BCUT2D eigenvalue weighted by Gasteiger charge is -2.31. The van der Waals surface area contributed by atoms with Gasteiger partial charge in [0.2, 0.25) is 0 Å². The van der Waals surface area contributed by atoms with Crippen molar-refractivity contribution in [2.24, 2.45) is 5.92 Å². The second-order valence-corrected chi connectivity index (χ2v) is 7.86. The number of carbonyl (C=O) groups excluding carboxylic acids is 1. The van der Waals surface area contributed by atoms with Gasteiger partial charge in [-0.25, -0.2) is 0 Å². The minimum atomic E-state index is -0.0245. The lowest BCUT2D eigenvalue weighted by Crippen LogP contribution is -2.39. The molecule has 1 aliphatic heterocycles. The number of methoxy groups -OCH3 is 2. The normalized spacial score (nSPS) is 17.4. The molecule has 1 saturated carbocycles. The van der Waals surface area contributed by atoms with Crippen molar-refractivity contribution >= 4 is 5.91 Å². The molecule has 1 aromatic heterocycles. The van der Waals surface area contributed by atoms with Crippen LogP contribution in [-0.2, 0) is 11.3 Å². The summed E-state index contributed by atoms with van der Waals surface area (Å²) < 4.78 is 21.8. The van der Waals surface area contributed by atoms with Gasteiger partial charge in [0, 0.05) is 37.7 Å². The van der Waals surface area contributed by atoms with Crippen LogP contribution in [0.15, 0.2) is 28.8 Å². The van der Waals surface area contributed by atoms with Crippen molar-refractivity contribution in [1.29, 1.82) is 0 Å². The number of rotatable bonds is 8.